The van der Waals surface area contributed by atoms with Crippen LogP contribution in [0.5, 0.6) is 0 Å². The molecule has 4 rings (SSSR count). The van der Waals surface area contributed by atoms with Crippen molar-refractivity contribution in [3.63, 3.8) is 0 Å². The number of hydrogen-bond acceptors (Lipinski definition) is 6. The van der Waals surface area contributed by atoms with Crippen LogP contribution in [0.25, 0.3) is 0 Å². The van der Waals surface area contributed by atoms with Gasteiger partial charge in [-0.1, -0.05) is 36.8 Å². The van der Waals surface area contributed by atoms with Crippen LogP contribution in [0.3, 0.4) is 0 Å². The maximum absolute atomic E-state index is 14.1. The summed E-state index contributed by atoms with van der Waals surface area (Å²) in [4.78, 5) is 42.0. The van der Waals surface area contributed by atoms with Crippen LogP contribution in [0.4, 0.5) is 4.79 Å². The number of carbonyl (C=O) groups is 3. The highest BCUT2D eigenvalue weighted by atomic mass is 16.7. The van der Waals surface area contributed by atoms with E-state index in [4.69, 9.17) is 14.0 Å². The lowest BCUT2D eigenvalue weighted by molar-refractivity contribution is -0.137. The zero-order valence-electron chi connectivity index (χ0n) is 25.3. The monoisotopic (exact) mass is 555 g/mol. The van der Waals surface area contributed by atoms with E-state index in [1.165, 1.54) is 6.92 Å². The molecule has 9 nitrogen and oxygen atoms in total. The summed E-state index contributed by atoms with van der Waals surface area (Å²) in [5, 5.41) is 6.17. The molecule has 0 saturated carbocycles. The first-order valence-electron chi connectivity index (χ1n) is 14.5. The quantitative estimate of drug-likeness (QED) is 0.460. The number of fused-ring (bicyclic) bond motifs is 2. The summed E-state index contributed by atoms with van der Waals surface area (Å²) >= 11 is 0. The van der Waals surface area contributed by atoms with Gasteiger partial charge in [0.2, 0.25) is 11.8 Å². The van der Waals surface area contributed by atoms with E-state index in [0.29, 0.717) is 25.6 Å². The molecule has 0 spiro atoms. The van der Waals surface area contributed by atoms with Crippen LogP contribution in [-0.4, -0.2) is 64.3 Å². The van der Waals surface area contributed by atoms with Gasteiger partial charge in [0.05, 0.1) is 17.2 Å². The normalized spacial score (nSPS) is 28.4. The van der Waals surface area contributed by atoms with Crippen molar-refractivity contribution < 1.29 is 28.4 Å². The Morgan fingerprint density at radius 2 is 1.68 bits per heavy atom. The predicted molar refractivity (Wildman–Crippen MR) is 153 cm³/mol. The Bertz CT molecular complexity index is 1090. The van der Waals surface area contributed by atoms with Gasteiger partial charge in [0.25, 0.3) is 0 Å². The van der Waals surface area contributed by atoms with Gasteiger partial charge in [0.1, 0.15) is 12.1 Å². The Labute approximate surface area is 239 Å². The molecule has 3 aliphatic heterocycles. The first-order chi connectivity index (χ1) is 18.6. The summed E-state index contributed by atoms with van der Waals surface area (Å²) in [6.07, 6.45) is 2.87. The van der Waals surface area contributed by atoms with E-state index in [1.807, 2.05) is 78.8 Å². The van der Waals surface area contributed by atoms with Crippen LogP contribution in [0, 0.1) is 5.92 Å². The molecule has 4 atom stereocenters. The molecule has 3 saturated heterocycles. The van der Waals surface area contributed by atoms with Crippen LogP contribution in [0.1, 0.15) is 86.6 Å². The van der Waals surface area contributed by atoms with Gasteiger partial charge in [-0.25, -0.2) is 4.79 Å². The van der Waals surface area contributed by atoms with E-state index in [1.54, 1.807) is 4.90 Å². The van der Waals surface area contributed by atoms with Crippen molar-refractivity contribution >= 4 is 25.0 Å². The Hall–Kier alpha value is -2.59. The molecule has 3 fully saturated rings. The molecule has 2 N–H and O–H groups in total. The number of amides is 3. The molecule has 3 heterocycles. The molecule has 2 bridgehead atoms. The van der Waals surface area contributed by atoms with Crippen molar-refractivity contribution in [1.82, 2.24) is 15.5 Å². The molecule has 2 unspecified atom stereocenters. The van der Waals surface area contributed by atoms with Gasteiger partial charge in [-0.2, -0.15) is 0 Å². The van der Waals surface area contributed by atoms with Gasteiger partial charge < -0.3 is 24.7 Å². The fraction of sp³-hybridized carbons (Fsp3) is 0.700. The summed E-state index contributed by atoms with van der Waals surface area (Å²) < 4.78 is 18.2. The first kappa shape index (κ1) is 30.4. The second-order valence-electron chi connectivity index (χ2n) is 13.6. The maximum Gasteiger partial charge on any atom is 0.457 e. The van der Waals surface area contributed by atoms with Gasteiger partial charge in [-0.3, -0.25) is 14.5 Å². The number of nitrogens with one attached hydrogen (secondary N) is 2. The third-order valence-corrected chi connectivity index (χ3v) is 8.92. The van der Waals surface area contributed by atoms with Crippen LogP contribution in [0.15, 0.2) is 30.3 Å². The van der Waals surface area contributed by atoms with Crippen LogP contribution >= 0.6 is 0 Å². The highest BCUT2D eigenvalue weighted by molar-refractivity contribution is 6.45. The number of rotatable bonds is 8. The standard InChI is InChI=1S/C30H46BN3O6/c1-20(35)32-30(25(36)33-27(2,3)4)22(15-12-18-31-39-28(5,6)29(7,8)40-31)23-16-17-24(30)34(23)26(37)38-19-21-13-10-9-11-14-21/h9-11,13-14,22-24H,12,15-19H2,1-8H3,(H,32,35)(H,33,36)/t22-,23+,24?,30?/m0/s1. The molecule has 1 aromatic rings. The third kappa shape index (κ3) is 5.89. The average molecular weight is 556 g/mol. The lowest BCUT2D eigenvalue weighted by atomic mass is 9.68. The van der Waals surface area contributed by atoms with Crippen LogP contribution in [0.2, 0.25) is 6.32 Å². The number of nitrogens with zero attached hydrogens (tertiary/aromatic N) is 1. The Kier molecular flexibility index (Phi) is 8.36. The number of benzene rings is 1. The van der Waals surface area contributed by atoms with Gasteiger partial charge in [-0.05, 0) is 79.6 Å². The van der Waals surface area contributed by atoms with E-state index in [-0.39, 0.29) is 37.5 Å². The summed E-state index contributed by atoms with van der Waals surface area (Å²) in [6, 6.07) is 8.79. The SMILES string of the molecule is CC(=O)NC1(C(=O)NC(C)(C)C)C2CC[C@H]([C@@H]1CCCB1OC(C)(C)C(C)(C)O1)N2C(=O)OCc1ccccc1. The Balaban J connectivity index is 1.59. The van der Waals surface area contributed by atoms with Gasteiger partial charge in [0, 0.05) is 24.4 Å². The fourth-order valence-electron chi connectivity index (χ4n) is 6.58. The van der Waals surface area contributed by atoms with E-state index < -0.39 is 34.4 Å². The molecule has 3 aliphatic rings. The van der Waals surface area contributed by atoms with Crippen LogP contribution < -0.4 is 10.6 Å². The minimum atomic E-state index is -1.26. The second kappa shape index (κ2) is 11.0. The largest absolute Gasteiger partial charge is 0.457 e. The van der Waals surface area contributed by atoms with Crippen molar-refractivity contribution in [2.45, 2.75) is 128 Å². The fourth-order valence-corrected chi connectivity index (χ4v) is 6.58. The average Bonchev–Trinajstić information content (AvgIpc) is 3.43. The van der Waals surface area contributed by atoms with E-state index in [9.17, 15) is 14.4 Å². The number of hydrogen-bond donors (Lipinski definition) is 2. The highest BCUT2D eigenvalue weighted by Gasteiger charge is 2.68. The van der Waals surface area contributed by atoms with Crippen molar-refractivity contribution in [2.75, 3.05) is 0 Å². The Morgan fingerprint density at radius 3 is 2.25 bits per heavy atom. The van der Waals surface area contributed by atoms with Gasteiger partial charge >= 0.3 is 13.2 Å². The lowest BCUT2D eigenvalue weighted by Crippen LogP contribution is -2.70. The zero-order chi connectivity index (χ0) is 29.5. The second-order valence-corrected chi connectivity index (χ2v) is 13.6. The molecule has 220 valence electrons. The number of carbonyl (C=O) groups excluding carboxylic acids is 3. The molecule has 3 amide bonds. The van der Waals surface area contributed by atoms with Gasteiger partial charge in [-0.15, -0.1) is 0 Å². The molecular formula is C30H46BN3O6. The summed E-state index contributed by atoms with van der Waals surface area (Å²) in [7, 11) is -0.353. The molecule has 0 radical (unpaired) electrons. The highest BCUT2D eigenvalue weighted by Crippen LogP contribution is 2.51. The van der Waals surface area contributed by atoms with Crippen LogP contribution in [-0.2, 0) is 30.2 Å². The molecule has 40 heavy (non-hydrogen) atoms. The maximum atomic E-state index is 14.1. The Morgan fingerprint density at radius 1 is 1.05 bits per heavy atom. The molecule has 0 aliphatic carbocycles. The molecule has 0 aromatic heterocycles. The summed E-state index contributed by atoms with van der Waals surface area (Å²) in [5.41, 5.74) is -1.73. The smallest absolute Gasteiger partial charge is 0.445 e. The lowest BCUT2D eigenvalue weighted by Gasteiger charge is -2.43. The van der Waals surface area contributed by atoms with E-state index in [2.05, 4.69) is 10.6 Å². The van der Waals surface area contributed by atoms with Crippen molar-refractivity contribution in [3.05, 3.63) is 35.9 Å². The topological polar surface area (TPSA) is 106 Å². The summed E-state index contributed by atoms with van der Waals surface area (Å²) in [6.45, 7) is 15.4. The predicted octanol–water partition coefficient (Wildman–Crippen LogP) is 4.45. The minimum Gasteiger partial charge on any atom is -0.445 e. The summed E-state index contributed by atoms with van der Waals surface area (Å²) in [5.74, 6) is -0.849. The molecule has 1 aromatic carbocycles. The minimum absolute atomic E-state index is 0.142. The number of ether oxygens (including phenoxy) is 1. The van der Waals surface area contributed by atoms with Gasteiger partial charge in [0.15, 0.2) is 0 Å². The molecule has 10 heteroatoms. The van der Waals surface area contributed by atoms with Crippen molar-refractivity contribution in [1.29, 1.82) is 0 Å². The van der Waals surface area contributed by atoms with E-state index >= 15 is 0 Å². The van der Waals surface area contributed by atoms with E-state index in [0.717, 1.165) is 12.0 Å². The zero-order valence-corrected chi connectivity index (χ0v) is 25.3. The third-order valence-electron chi connectivity index (χ3n) is 8.92. The first-order valence-corrected chi connectivity index (χ1v) is 14.5. The molecular weight excluding hydrogens is 509 g/mol. The van der Waals surface area contributed by atoms with Crippen molar-refractivity contribution in [3.8, 4) is 0 Å². The van der Waals surface area contributed by atoms with Crippen molar-refractivity contribution in [2.24, 2.45) is 5.92 Å².